The monoisotopic (exact) mass is 238 g/mol. The van der Waals surface area contributed by atoms with Crippen LogP contribution in [-0.4, -0.2) is 29.5 Å². The zero-order chi connectivity index (χ0) is 11.7. The Hall–Kier alpha value is -1.36. The Morgan fingerprint density at radius 2 is 2.31 bits per heavy atom. The number of nitrogens with two attached hydrogens (primary N) is 1. The van der Waals surface area contributed by atoms with Crippen LogP contribution in [0.1, 0.15) is 5.56 Å². The second-order valence-corrected chi connectivity index (χ2v) is 5.26. The summed E-state index contributed by atoms with van der Waals surface area (Å²) in [5, 5.41) is 0. The van der Waals surface area contributed by atoms with Crippen molar-refractivity contribution >= 4 is 22.4 Å². The Morgan fingerprint density at radius 3 is 2.94 bits per heavy atom. The number of primary amides is 1. The van der Waals surface area contributed by atoms with E-state index in [2.05, 4.69) is 0 Å². The van der Waals surface area contributed by atoms with Gasteiger partial charge in [0.25, 0.3) is 0 Å². The van der Waals surface area contributed by atoms with Gasteiger partial charge >= 0.3 is 0 Å². The second kappa shape index (κ2) is 4.25. The van der Waals surface area contributed by atoms with Crippen molar-refractivity contribution in [2.45, 2.75) is 11.3 Å². The van der Waals surface area contributed by atoms with E-state index in [-0.39, 0.29) is 12.5 Å². The van der Waals surface area contributed by atoms with Gasteiger partial charge in [-0.25, -0.2) is 0 Å². The first kappa shape index (κ1) is 11.1. The molecule has 0 aromatic heterocycles. The average Bonchev–Trinajstić information content (AvgIpc) is 2.60. The van der Waals surface area contributed by atoms with Crippen LogP contribution >= 0.6 is 0 Å². The van der Waals surface area contributed by atoms with Crippen molar-refractivity contribution in [3.05, 3.63) is 23.8 Å². The smallest absolute Gasteiger partial charge is 0.236 e. The third kappa shape index (κ3) is 2.09. The maximum Gasteiger partial charge on any atom is 0.236 e. The summed E-state index contributed by atoms with van der Waals surface area (Å²) < 4.78 is 11.4. The molecule has 2 rings (SSSR count). The van der Waals surface area contributed by atoms with Gasteiger partial charge in [0, 0.05) is 34.2 Å². The molecule has 1 amide bonds. The van der Waals surface area contributed by atoms with Crippen molar-refractivity contribution in [3.8, 4) is 0 Å². The number of carbonyl (C=O) groups is 1. The fourth-order valence-electron chi connectivity index (χ4n) is 1.96. The molecule has 1 aliphatic rings. The predicted molar refractivity (Wildman–Crippen MR) is 63.9 cm³/mol. The van der Waals surface area contributed by atoms with Crippen LogP contribution in [0.5, 0.6) is 0 Å². The van der Waals surface area contributed by atoms with E-state index in [0.717, 1.165) is 23.5 Å². The number of amides is 1. The van der Waals surface area contributed by atoms with Crippen LogP contribution in [0.4, 0.5) is 5.69 Å². The van der Waals surface area contributed by atoms with Gasteiger partial charge in [0.1, 0.15) is 0 Å². The molecule has 1 heterocycles. The number of hydrogen-bond donors (Lipinski definition) is 1. The van der Waals surface area contributed by atoms with Crippen molar-refractivity contribution in [3.63, 3.8) is 0 Å². The van der Waals surface area contributed by atoms with Crippen LogP contribution in [-0.2, 0) is 22.0 Å². The highest BCUT2D eigenvalue weighted by Gasteiger charge is 2.20. The Bertz CT molecular complexity index is 459. The predicted octanol–water partition coefficient (Wildman–Crippen LogP) is 0.272. The minimum Gasteiger partial charge on any atom is -0.368 e. The Kier molecular flexibility index (Phi) is 2.96. The summed E-state index contributed by atoms with van der Waals surface area (Å²) in [5.74, 6) is -0.337. The molecule has 0 bridgehead atoms. The number of nitrogens with zero attached hydrogens (tertiary/aromatic N) is 1. The topological polar surface area (TPSA) is 63.4 Å². The van der Waals surface area contributed by atoms with Gasteiger partial charge in [-0.05, 0) is 24.1 Å². The van der Waals surface area contributed by atoms with E-state index < -0.39 is 10.8 Å². The van der Waals surface area contributed by atoms with Gasteiger partial charge in [-0.3, -0.25) is 9.00 Å². The molecule has 4 nitrogen and oxygen atoms in total. The van der Waals surface area contributed by atoms with Crippen molar-refractivity contribution in [1.82, 2.24) is 0 Å². The number of rotatable bonds is 3. The van der Waals surface area contributed by atoms with Crippen LogP contribution in [0.25, 0.3) is 0 Å². The molecular formula is C11H14N2O2S. The summed E-state index contributed by atoms with van der Waals surface area (Å²) in [5.41, 5.74) is 7.37. The molecule has 1 aromatic rings. The van der Waals surface area contributed by atoms with Crippen LogP contribution in [0.2, 0.25) is 0 Å². The van der Waals surface area contributed by atoms with E-state index in [0.29, 0.717) is 0 Å². The van der Waals surface area contributed by atoms with Crippen LogP contribution in [0.15, 0.2) is 23.1 Å². The average molecular weight is 238 g/mol. The van der Waals surface area contributed by atoms with Crippen LogP contribution in [0.3, 0.4) is 0 Å². The molecule has 1 atom stereocenters. The Labute approximate surface area is 96.9 Å². The van der Waals surface area contributed by atoms with Gasteiger partial charge in [-0.1, -0.05) is 6.07 Å². The lowest BCUT2D eigenvalue weighted by Crippen LogP contribution is -2.32. The van der Waals surface area contributed by atoms with Gasteiger partial charge in [0.05, 0.1) is 6.54 Å². The number of fused-ring (bicyclic) bond motifs is 1. The zero-order valence-electron chi connectivity index (χ0n) is 9.10. The molecule has 0 aliphatic carbocycles. The Morgan fingerprint density at radius 1 is 1.56 bits per heavy atom. The molecule has 0 saturated carbocycles. The molecule has 86 valence electrons. The Balaban J connectivity index is 2.33. The van der Waals surface area contributed by atoms with Crippen LogP contribution < -0.4 is 10.6 Å². The molecule has 0 spiro atoms. The van der Waals surface area contributed by atoms with E-state index >= 15 is 0 Å². The molecule has 1 aliphatic heterocycles. The highest BCUT2D eigenvalue weighted by atomic mass is 32.2. The van der Waals surface area contributed by atoms with Crippen molar-refractivity contribution in [1.29, 1.82) is 0 Å². The number of carbonyl (C=O) groups excluding carboxylic acids is 1. The molecule has 2 N–H and O–H groups in total. The molecule has 0 radical (unpaired) electrons. The quantitative estimate of drug-likeness (QED) is 0.822. The standard InChI is InChI=1S/C11H14N2O2S/c1-16(15)9-3-2-8-4-5-13(7-11(12)14)10(8)6-9/h2-3,6H,4-5,7H2,1H3,(H2,12,14). The van der Waals surface area contributed by atoms with Gasteiger partial charge in [0.2, 0.25) is 5.91 Å². The summed E-state index contributed by atoms with van der Waals surface area (Å²) >= 11 is 0. The van der Waals surface area contributed by atoms with Gasteiger partial charge in [-0.2, -0.15) is 0 Å². The number of anilines is 1. The highest BCUT2D eigenvalue weighted by Crippen LogP contribution is 2.29. The lowest BCUT2D eigenvalue weighted by molar-refractivity contribution is -0.116. The summed E-state index contributed by atoms with van der Waals surface area (Å²) in [6, 6.07) is 5.75. The van der Waals surface area contributed by atoms with Gasteiger partial charge < -0.3 is 10.6 Å². The zero-order valence-corrected chi connectivity index (χ0v) is 9.92. The molecule has 5 heteroatoms. The van der Waals surface area contributed by atoms with Crippen molar-refractivity contribution in [2.24, 2.45) is 5.73 Å². The maximum absolute atomic E-state index is 11.4. The molecular weight excluding hydrogens is 224 g/mol. The maximum atomic E-state index is 11.4. The lowest BCUT2D eigenvalue weighted by Gasteiger charge is -2.17. The summed E-state index contributed by atoms with van der Waals surface area (Å²) in [6.07, 6.45) is 2.56. The van der Waals surface area contributed by atoms with Crippen molar-refractivity contribution < 1.29 is 9.00 Å². The third-order valence-electron chi connectivity index (χ3n) is 2.73. The number of hydrogen-bond acceptors (Lipinski definition) is 3. The third-order valence-corrected chi connectivity index (χ3v) is 3.64. The highest BCUT2D eigenvalue weighted by molar-refractivity contribution is 7.84. The first-order valence-corrected chi connectivity index (χ1v) is 6.63. The molecule has 16 heavy (non-hydrogen) atoms. The summed E-state index contributed by atoms with van der Waals surface area (Å²) in [7, 11) is -0.992. The van der Waals surface area contributed by atoms with E-state index in [9.17, 15) is 9.00 Å². The minimum absolute atomic E-state index is 0.229. The molecule has 1 aromatic carbocycles. The van der Waals surface area contributed by atoms with Crippen molar-refractivity contribution in [2.75, 3.05) is 24.2 Å². The lowest BCUT2D eigenvalue weighted by atomic mass is 10.2. The molecule has 0 fully saturated rings. The number of benzene rings is 1. The van der Waals surface area contributed by atoms with Gasteiger partial charge in [0.15, 0.2) is 0 Å². The van der Waals surface area contributed by atoms with E-state index in [1.807, 2.05) is 23.1 Å². The largest absolute Gasteiger partial charge is 0.368 e. The fourth-order valence-corrected chi connectivity index (χ4v) is 2.49. The minimum atomic E-state index is -0.992. The molecule has 0 saturated heterocycles. The fraction of sp³-hybridized carbons (Fsp3) is 0.364. The van der Waals surface area contributed by atoms with E-state index in [1.165, 1.54) is 5.56 Å². The SMILES string of the molecule is CS(=O)c1ccc2c(c1)N(CC(N)=O)CC2. The first-order chi connectivity index (χ1) is 7.58. The normalized spacial score (nSPS) is 15.9. The van der Waals surface area contributed by atoms with E-state index in [4.69, 9.17) is 5.73 Å². The van der Waals surface area contributed by atoms with Crippen LogP contribution in [0, 0.1) is 0 Å². The molecule has 1 unspecified atom stereocenters. The van der Waals surface area contributed by atoms with Gasteiger partial charge in [-0.15, -0.1) is 0 Å². The summed E-state index contributed by atoms with van der Waals surface area (Å²) in [4.78, 5) is 13.6. The summed E-state index contributed by atoms with van der Waals surface area (Å²) in [6.45, 7) is 1.03. The second-order valence-electron chi connectivity index (χ2n) is 3.88. The van der Waals surface area contributed by atoms with E-state index in [1.54, 1.807) is 6.26 Å². The first-order valence-electron chi connectivity index (χ1n) is 5.07.